The van der Waals surface area contributed by atoms with Crippen LogP contribution in [0.3, 0.4) is 0 Å². The highest BCUT2D eigenvalue weighted by Gasteiger charge is 2.14. The van der Waals surface area contributed by atoms with Crippen LogP contribution in [0.4, 0.5) is 5.69 Å². The first kappa shape index (κ1) is 21.1. The lowest BCUT2D eigenvalue weighted by Crippen LogP contribution is -2.33. The molecule has 0 radical (unpaired) electrons. The van der Waals surface area contributed by atoms with E-state index in [1.807, 2.05) is 48.8 Å². The van der Waals surface area contributed by atoms with Gasteiger partial charge in [-0.3, -0.25) is 4.98 Å². The highest BCUT2D eigenvalue weighted by molar-refractivity contribution is 5.84. The zero-order chi connectivity index (χ0) is 22.1. The molecular weight excluding hydrogens is 390 g/mol. The van der Waals surface area contributed by atoms with Gasteiger partial charge in [-0.25, -0.2) is 9.78 Å². The van der Waals surface area contributed by atoms with Crippen molar-refractivity contribution in [1.82, 2.24) is 19.3 Å². The third kappa shape index (κ3) is 4.18. The minimum Gasteiger partial charge on any atom is -0.422 e. The number of fused-ring (bicyclic) bond motifs is 2. The summed E-state index contributed by atoms with van der Waals surface area (Å²) in [5.74, 6) is 0. The minimum absolute atomic E-state index is 0.385. The number of hydrogen-bond donors (Lipinski definition) is 0. The van der Waals surface area contributed by atoms with E-state index in [-0.39, 0.29) is 5.63 Å². The van der Waals surface area contributed by atoms with Crippen LogP contribution in [0.15, 0.2) is 45.9 Å². The third-order valence-electron chi connectivity index (χ3n) is 5.76. The normalized spacial score (nSPS) is 11.7. The van der Waals surface area contributed by atoms with Crippen molar-refractivity contribution < 1.29 is 4.42 Å². The summed E-state index contributed by atoms with van der Waals surface area (Å²) >= 11 is 0. The molecule has 162 valence electrons. The van der Waals surface area contributed by atoms with Gasteiger partial charge in [0.1, 0.15) is 5.58 Å². The Balaban J connectivity index is 1.70. The van der Waals surface area contributed by atoms with Crippen LogP contribution in [0, 0.1) is 13.8 Å². The number of rotatable bonds is 7. The summed E-state index contributed by atoms with van der Waals surface area (Å²) in [6, 6.07) is 7.92. The second kappa shape index (κ2) is 8.51. The average Bonchev–Trinajstić information content (AvgIpc) is 3.17. The fourth-order valence-electron chi connectivity index (χ4n) is 3.83. The summed E-state index contributed by atoms with van der Waals surface area (Å²) in [6.45, 7) is 12.0. The lowest BCUT2D eigenvalue weighted by atomic mass is 10.1. The van der Waals surface area contributed by atoms with Crippen molar-refractivity contribution in [3.63, 3.8) is 0 Å². The van der Waals surface area contributed by atoms with Gasteiger partial charge in [0.05, 0.1) is 22.6 Å². The summed E-state index contributed by atoms with van der Waals surface area (Å²) in [4.78, 5) is 26.5. The van der Waals surface area contributed by atoms with Crippen molar-refractivity contribution in [2.45, 2.75) is 27.7 Å². The van der Waals surface area contributed by atoms with Gasteiger partial charge in [0.2, 0.25) is 0 Å². The van der Waals surface area contributed by atoms with Crippen LogP contribution in [0.5, 0.6) is 0 Å². The van der Waals surface area contributed by atoms with Crippen molar-refractivity contribution >= 4 is 22.3 Å². The Morgan fingerprint density at radius 3 is 2.58 bits per heavy atom. The van der Waals surface area contributed by atoms with Crippen LogP contribution >= 0.6 is 0 Å². The van der Waals surface area contributed by atoms with E-state index >= 15 is 0 Å². The van der Waals surface area contributed by atoms with Crippen LogP contribution in [0.2, 0.25) is 0 Å². The summed E-state index contributed by atoms with van der Waals surface area (Å²) in [5, 5.41) is 0.878. The fourth-order valence-corrected chi connectivity index (χ4v) is 3.83. The molecule has 0 aliphatic heterocycles. The molecule has 0 saturated heterocycles. The van der Waals surface area contributed by atoms with E-state index in [0.29, 0.717) is 16.8 Å². The van der Waals surface area contributed by atoms with Gasteiger partial charge in [0.15, 0.2) is 5.65 Å². The van der Waals surface area contributed by atoms with Gasteiger partial charge >= 0.3 is 5.63 Å². The molecule has 0 unspecified atom stereocenters. The van der Waals surface area contributed by atoms with Crippen molar-refractivity contribution in [2.75, 3.05) is 38.1 Å². The Hall–Kier alpha value is -3.19. The molecule has 0 amide bonds. The Bertz CT molecular complexity index is 1290. The lowest BCUT2D eigenvalue weighted by Gasteiger charge is -2.26. The molecule has 0 N–H and O–H groups in total. The standard InChI is InChI=1S/C24H29N5O2/c1-6-27(5)10-11-28(7-2)19-9-8-18-12-20(24(30)31-22(18)13-19)21-15-29-14-16(3)25-17(4)23(29)26-21/h8-9,12-15H,6-7,10-11H2,1-5H3. The quantitative estimate of drug-likeness (QED) is 0.423. The van der Waals surface area contributed by atoms with Crippen LogP contribution in [-0.2, 0) is 0 Å². The molecule has 0 saturated carbocycles. The monoisotopic (exact) mass is 419 g/mol. The van der Waals surface area contributed by atoms with E-state index in [1.165, 1.54) is 0 Å². The average molecular weight is 420 g/mol. The number of imidazole rings is 1. The smallest absolute Gasteiger partial charge is 0.345 e. The van der Waals surface area contributed by atoms with Gasteiger partial charge in [-0.1, -0.05) is 6.92 Å². The molecule has 1 aromatic carbocycles. The predicted molar refractivity (Wildman–Crippen MR) is 125 cm³/mol. The number of aromatic nitrogens is 3. The van der Waals surface area contributed by atoms with E-state index in [1.54, 1.807) is 0 Å². The Morgan fingerprint density at radius 2 is 1.84 bits per heavy atom. The molecule has 0 atom stereocenters. The van der Waals surface area contributed by atoms with Crippen LogP contribution < -0.4 is 10.5 Å². The Labute approximate surface area is 181 Å². The summed E-state index contributed by atoms with van der Waals surface area (Å²) < 4.78 is 7.63. The second-order valence-corrected chi connectivity index (χ2v) is 7.97. The number of hydrogen-bond acceptors (Lipinski definition) is 6. The molecule has 7 nitrogen and oxygen atoms in total. The summed E-state index contributed by atoms with van der Waals surface area (Å²) in [6.07, 6.45) is 3.76. The van der Waals surface area contributed by atoms with E-state index in [4.69, 9.17) is 4.42 Å². The third-order valence-corrected chi connectivity index (χ3v) is 5.76. The van der Waals surface area contributed by atoms with Crippen LogP contribution in [-0.4, -0.2) is 52.5 Å². The van der Waals surface area contributed by atoms with Crippen LogP contribution in [0.25, 0.3) is 27.9 Å². The number of anilines is 1. The van der Waals surface area contributed by atoms with Gasteiger partial charge in [-0.05, 0) is 52.6 Å². The first-order chi connectivity index (χ1) is 14.9. The molecule has 4 aromatic rings. The minimum atomic E-state index is -0.385. The highest BCUT2D eigenvalue weighted by Crippen LogP contribution is 2.25. The number of likely N-dealkylation sites (N-methyl/N-ethyl adjacent to an activating group) is 2. The predicted octanol–water partition coefficient (Wildman–Crippen LogP) is 3.90. The van der Waals surface area contributed by atoms with Crippen molar-refractivity contribution in [3.8, 4) is 11.3 Å². The van der Waals surface area contributed by atoms with E-state index in [9.17, 15) is 4.79 Å². The molecule has 4 rings (SSSR count). The maximum Gasteiger partial charge on any atom is 0.345 e. The van der Waals surface area contributed by atoms with Crippen molar-refractivity contribution in [3.05, 3.63) is 58.5 Å². The van der Waals surface area contributed by atoms with Gasteiger partial charge in [-0.15, -0.1) is 0 Å². The number of aryl methyl sites for hydroxylation is 2. The number of benzene rings is 1. The van der Waals surface area contributed by atoms with Crippen LogP contribution in [0.1, 0.15) is 25.2 Å². The zero-order valence-corrected chi connectivity index (χ0v) is 18.8. The highest BCUT2D eigenvalue weighted by atomic mass is 16.4. The molecule has 31 heavy (non-hydrogen) atoms. The van der Waals surface area contributed by atoms with E-state index < -0.39 is 0 Å². The number of nitrogens with zero attached hydrogens (tertiary/aromatic N) is 5. The first-order valence-corrected chi connectivity index (χ1v) is 10.7. The van der Waals surface area contributed by atoms with Crippen molar-refractivity contribution in [2.24, 2.45) is 0 Å². The Morgan fingerprint density at radius 1 is 1.03 bits per heavy atom. The van der Waals surface area contributed by atoms with Gasteiger partial charge in [-0.2, -0.15) is 0 Å². The summed E-state index contributed by atoms with van der Waals surface area (Å²) in [5.41, 5.74) is 4.78. The lowest BCUT2D eigenvalue weighted by molar-refractivity contribution is 0.359. The van der Waals surface area contributed by atoms with Gasteiger partial charge in [0.25, 0.3) is 0 Å². The van der Waals surface area contributed by atoms with Gasteiger partial charge in [0, 0.05) is 49.2 Å². The maximum absolute atomic E-state index is 12.8. The van der Waals surface area contributed by atoms with E-state index in [2.05, 4.69) is 46.7 Å². The molecule has 0 spiro atoms. The van der Waals surface area contributed by atoms with E-state index in [0.717, 1.165) is 54.3 Å². The molecule has 0 aliphatic rings. The van der Waals surface area contributed by atoms with Gasteiger partial charge < -0.3 is 18.6 Å². The molecule has 0 aliphatic carbocycles. The van der Waals surface area contributed by atoms with Crippen molar-refractivity contribution in [1.29, 1.82) is 0 Å². The second-order valence-electron chi connectivity index (χ2n) is 7.97. The topological polar surface area (TPSA) is 66.9 Å². The first-order valence-electron chi connectivity index (χ1n) is 10.7. The largest absolute Gasteiger partial charge is 0.422 e. The summed E-state index contributed by atoms with van der Waals surface area (Å²) in [7, 11) is 2.12. The molecule has 7 heteroatoms. The molecule has 3 aromatic heterocycles. The Kier molecular flexibility index (Phi) is 5.78. The SMILES string of the molecule is CCN(C)CCN(CC)c1ccc2cc(-c3cn4cc(C)nc(C)c4n3)c(=O)oc2c1. The molecule has 0 bridgehead atoms. The maximum atomic E-state index is 12.8. The molecule has 0 fully saturated rings. The molecule has 3 heterocycles. The fraction of sp³-hybridized carbons (Fsp3) is 0.375. The molecular formula is C24H29N5O2. The zero-order valence-electron chi connectivity index (χ0n) is 18.8.